The summed E-state index contributed by atoms with van der Waals surface area (Å²) < 4.78 is 2.21. The van der Waals surface area contributed by atoms with Gasteiger partial charge in [0.1, 0.15) is 11.6 Å². The van der Waals surface area contributed by atoms with Crippen molar-refractivity contribution < 1.29 is 4.79 Å². The second kappa shape index (κ2) is 8.59. The molecule has 1 amide bonds. The van der Waals surface area contributed by atoms with Crippen LogP contribution in [0.4, 0.5) is 5.69 Å². The SMILES string of the molecule is CCCn1c(C)cc(/C=C(\C#N)C(=O)Nc2cccc(SC)c2)c1C. The molecule has 1 N–H and O–H groups in total. The Kier molecular flexibility index (Phi) is 6.49. The summed E-state index contributed by atoms with van der Waals surface area (Å²) in [6, 6.07) is 11.6. The number of rotatable bonds is 6. The maximum absolute atomic E-state index is 12.5. The third-order valence-electron chi connectivity index (χ3n) is 4.05. The van der Waals surface area contributed by atoms with Gasteiger partial charge in [0.15, 0.2) is 0 Å². The van der Waals surface area contributed by atoms with Crippen LogP contribution >= 0.6 is 11.8 Å². The van der Waals surface area contributed by atoms with E-state index in [1.807, 2.05) is 56.5 Å². The molecule has 1 aromatic carbocycles. The lowest BCUT2D eigenvalue weighted by Crippen LogP contribution is -2.13. The highest BCUT2D eigenvalue weighted by Gasteiger charge is 2.13. The van der Waals surface area contributed by atoms with Crippen molar-refractivity contribution in [1.29, 1.82) is 5.26 Å². The molecule has 0 aliphatic rings. The number of hydrogen-bond acceptors (Lipinski definition) is 3. The topological polar surface area (TPSA) is 57.8 Å². The molecule has 1 heterocycles. The molecule has 0 atom stereocenters. The van der Waals surface area contributed by atoms with Gasteiger partial charge in [0.25, 0.3) is 5.91 Å². The highest BCUT2D eigenvalue weighted by molar-refractivity contribution is 7.98. The fourth-order valence-corrected chi connectivity index (χ4v) is 3.20. The molecule has 0 saturated heterocycles. The van der Waals surface area contributed by atoms with Crippen LogP contribution in [0.15, 0.2) is 40.8 Å². The second-order valence-electron chi connectivity index (χ2n) is 5.83. The normalized spacial score (nSPS) is 11.2. The van der Waals surface area contributed by atoms with Gasteiger partial charge in [0.05, 0.1) is 0 Å². The number of aryl methyl sites for hydroxylation is 1. The zero-order valence-electron chi connectivity index (χ0n) is 15.1. The highest BCUT2D eigenvalue weighted by Crippen LogP contribution is 2.21. The van der Waals surface area contributed by atoms with Gasteiger partial charge in [-0.3, -0.25) is 4.79 Å². The predicted molar refractivity (Wildman–Crippen MR) is 105 cm³/mol. The summed E-state index contributed by atoms with van der Waals surface area (Å²) >= 11 is 1.60. The number of anilines is 1. The largest absolute Gasteiger partial charge is 0.349 e. The molecular weight excluding hydrogens is 330 g/mol. The molecule has 0 fully saturated rings. The Hall–Kier alpha value is -2.45. The van der Waals surface area contributed by atoms with Crippen molar-refractivity contribution >= 4 is 29.4 Å². The summed E-state index contributed by atoms with van der Waals surface area (Å²) in [7, 11) is 0. The summed E-state index contributed by atoms with van der Waals surface area (Å²) in [6.45, 7) is 7.12. The average molecular weight is 353 g/mol. The molecule has 0 radical (unpaired) electrons. The molecule has 0 spiro atoms. The van der Waals surface area contributed by atoms with E-state index in [-0.39, 0.29) is 11.5 Å². The monoisotopic (exact) mass is 353 g/mol. The quantitative estimate of drug-likeness (QED) is 0.462. The van der Waals surface area contributed by atoms with Gasteiger partial charge >= 0.3 is 0 Å². The number of thioether (sulfide) groups is 1. The third kappa shape index (κ3) is 4.55. The minimum atomic E-state index is -0.388. The zero-order valence-corrected chi connectivity index (χ0v) is 15.9. The summed E-state index contributed by atoms with van der Waals surface area (Å²) in [5.74, 6) is -0.388. The Morgan fingerprint density at radius 3 is 2.76 bits per heavy atom. The number of nitriles is 1. The molecule has 0 aliphatic heterocycles. The van der Waals surface area contributed by atoms with Crippen molar-refractivity contribution in [2.75, 3.05) is 11.6 Å². The lowest BCUT2D eigenvalue weighted by Gasteiger charge is -2.07. The van der Waals surface area contributed by atoms with Gasteiger partial charge in [-0.15, -0.1) is 11.8 Å². The molecule has 4 nitrogen and oxygen atoms in total. The number of carbonyl (C=O) groups excluding carboxylic acids is 1. The van der Waals surface area contributed by atoms with Crippen LogP contribution in [-0.2, 0) is 11.3 Å². The maximum atomic E-state index is 12.5. The van der Waals surface area contributed by atoms with E-state index in [9.17, 15) is 10.1 Å². The molecule has 0 unspecified atom stereocenters. The predicted octanol–water partition coefficient (Wildman–Crippen LogP) is 4.78. The molecule has 0 saturated carbocycles. The van der Waals surface area contributed by atoms with Crippen LogP contribution in [0.2, 0.25) is 0 Å². The van der Waals surface area contributed by atoms with Crippen LogP contribution < -0.4 is 5.32 Å². The Morgan fingerprint density at radius 1 is 1.36 bits per heavy atom. The van der Waals surface area contributed by atoms with Crippen molar-refractivity contribution in [2.24, 2.45) is 0 Å². The fraction of sp³-hybridized carbons (Fsp3) is 0.300. The first kappa shape index (κ1) is 18.9. The highest BCUT2D eigenvalue weighted by atomic mass is 32.2. The Labute approximate surface area is 153 Å². The van der Waals surface area contributed by atoms with Gasteiger partial charge < -0.3 is 9.88 Å². The Bertz CT molecular complexity index is 843. The molecule has 130 valence electrons. The Morgan fingerprint density at radius 2 is 2.12 bits per heavy atom. The summed E-state index contributed by atoms with van der Waals surface area (Å²) in [5, 5.41) is 12.2. The molecule has 1 aromatic heterocycles. The van der Waals surface area contributed by atoms with Crippen molar-refractivity contribution in [3.05, 3.63) is 52.9 Å². The van der Waals surface area contributed by atoms with E-state index >= 15 is 0 Å². The van der Waals surface area contributed by atoms with Crippen molar-refractivity contribution in [3.63, 3.8) is 0 Å². The van der Waals surface area contributed by atoms with E-state index in [4.69, 9.17) is 0 Å². The summed E-state index contributed by atoms with van der Waals surface area (Å²) in [4.78, 5) is 13.5. The molecular formula is C20H23N3OS. The minimum absolute atomic E-state index is 0.103. The van der Waals surface area contributed by atoms with Crippen molar-refractivity contribution in [2.45, 2.75) is 38.6 Å². The van der Waals surface area contributed by atoms with E-state index in [1.165, 1.54) is 0 Å². The number of amides is 1. The third-order valence-corrected chi connectivity index (χ3v) is 4.78. The van der Waals surface area contributed by atoms with Crippen molar-refractivity contribution in [1.82, 2.24) is 4.57 Å². The first-order valence-electron chi connectivity index (χ1n) is 8.24. The summed E-state index contributed by atoms with van der Waals surface area (Å²) in [6.07, 6.45) is 4.69. The van der Waals surface area contributed by atoms with Gasteiger partial charge in [-0.2, -0.15) is 5.26 Å². The van der Waals surface area contributed by atoms with Gasteiger partial charge in [-0.1, -0.05) is 13.0 Å². The van der Waals surface area contributed by atoms with Gasteiger partial charge in [-0.25, -0.2) is 0 Å². The first-order chi connectivity index (χ1) is 12.0. The number of benzene rings is 1. The van der Waals surface area contributed by atoms with E-state index in [0.29, 0.717) is 5.69 Å². The van der Waals surface area contributed by atoms with E-state index in [1.54, 1.807) is 17.8 Å². The number of hydrogen-bond donors (Lipinski definition) is 1. The van der Waals surface area contributed by atoms with Crippen LogP contribution in [-0.4, -0.2) is 16.7 Å². The lowest BCUT2D eigenvalue weighted by molar-refractivity contribution is -0.112. The molecule has 0 bridgehead atoms. The first-order valence-corrected chi connectivity index (χ1v) is 9.46. The van der Waals surface area contributed by atoms with Crippen LogP contribution in [0.25, 0.3) is 6.08 Å². The number of carbonyl (C=O) groups is 1. The van der Waals surface area contributed by atoms with E-state index in [2.05, 4.69) is 16.8 Å². The standard InChI is InChI=1S/C20H23N3OS/c1-5-9-23-14(2)10-16(15(23)3)11-17(13-21)20(24)22-18-7-6-8-19(12-18)25-4/h6-8,10-12H,5,9H2,1-4H3,(H,22,24)/b17-11+. The maximum Gasteiger partial charge on any atom is 0.266 e. The lowest BCUT2D eigenvalue weighted by atomic mass is 10.1. The molecule has 2 rings (SSSR count). The van der Waals surface area contributed by atoms with Crippen LogP contribution in [0.1, 0.15) is 30.3 Å². The number of aromatic nitrogens is 1. The Balaban J connectivity index is 2.26. The van der Waals surface area contributed by atoms with E-state index in [0.717, 1.165) is 34.8 Å². The van der Waals surface area contributed by atoms with Gasteiger partial charge in [0.2, 0.25) is 0 Å². The van der Waals surface area contributed by atoms with Crippen LogP contribution in [0.3, 0.4) is 0 Å². The smallest absolute Gasteiger partial charge is 0.266 e. The number of nitrogens with one attached hydrogen (secondary N) is 1. The van der Waals surface area contributed by atoms with Crippen LogP contribution in [0, 0.1) is 25.2 Å². The van der Waals surface area contributed by atoms with E-state index < -0.39 is 0 Å². The zero-order chi connectivity index (χ0) is 18.4. The fourth-order valence-electron chi connectivity index (χ4n) is 2.74. The number of nitrogens with zero attached hydrogens (tertiary/aromatic N) is 2. The molecule has 0 aliphatic carbocycles. The molecule has 2 aromatic rings. The second-order valence-corrected chi connectivity index (χ2v) is 6.71. The average Bonchev–Trinajstić information content (AvgIpc) is 2.87. The van der Waals surface area contributed by atoms with Gasteiger partial charge in [0, 0.05) is 28.5 Å². The van der Waals surface area contributed by atoms with Crippen molar-refractivity contribution in [3.8, 4) is 6.07 Å². The molecule has 5 heteroatoms. The van der Waals surface area contributed by atoms with Gasteiger partial charge in [-0.05, 0) is 62.4 Å². The van der Waals surface area contributed by atoms with Crippen LogP contribution in [0.5, 0.6) is 0 Å². The summed E-state index contributed by atoms with van der Waals surface area (Å²) in [5.41, 5.74) is 3.91. The molecule has 25 heavy (non-hydrogen) atoms. The minimum Gasteiger partial charge on any atom is -0.349 e.